The van der Waals surface area contributed by atoms with E-state index in [1.807, 2.05) is 0 Å². The van der Waals surface area contributed by atoms with Crippen molar-refractivity contribution < 1.29 is 37.3 Å². The quantitative estimate of drug-likeness (QED) is 0.219. The first-order valence-corrected chi connectivity index (χ1v) is 16.2. The fraction of sp³-hybridized carbons (Fsp3) is 0.323. The van der Waals surface area contributed by atoms with Crippen molar-refractivity contribution in [3.05, 3.63) is 101 Å². The van der Waals surface area contributed by atoms with Crippen LogP contribution in [0.15, 0.2) is 78.1 Å². The van der Waals surface area contributed by atoms with E-state index >= 15 is 0 Å². The fourth-order valence-corrected chi connectivity index (χ4v) is 9.08. The van der Waals surface area contributed by atoms with Gasteiger partial charge >= 0.3 is 0 Å². The molecule has 0 aliphatic heterocycles. The van der Waals surface area contributed by atoms with Crippen molar-refractivity contribution in [3.63, 3.8) is 0 Å². The lowest BCUT2D eigenvalue weighted by Gasteiger charge is -2.46. The smallest absolute Gasteiger partial charge is 0.255 e. The number of rotatable bonds is 8. The van der Waals surface area contributed by atoms with Crippen LogP contribution in [-0.4, -0.2) is 61.4 Å². The molecule has 2 aromatic heterocycles. The lowest BCUT2D eigenvalue weighted by molar-refractivity contribution is -0.178. The van der Waals surface area contributed by atoms with E-state index < -0.39 is 62.3 Å². The summed E-state index contributed by atoms with van der Waals surface area (Å²) < 4.78 is 56.3. The van der Waals surface area contributed by atoms with Crippen molar-refractivity contribution >= 4 is 33.0 Å². The third kappa shape index (κ3) is 5.63. The summed E-state index contributed by atoms with van der Waals surface area (Å²) in [4.78, 5) is 16.8. The molecule has 14 heteroatoms. The number of nitrogens with zero attached hydrogens (tertiary/aromatic N) is 3. The Bertz CT molecular complexity index is 1840. The molecule has 0 spiro atoms. The standard InChI is InChI=1S/C31H29ClF2N4O6S/c32-23-6-2-17(30(41)37-20-5-7-24(33)25(34)15-20)12-27(23)45(43,44)22-13-18-3-4-19(14-22)31(18,42)29(40)28(39)26-16-21(8-10-35-26)38-11-1-9-36-38/h1-2,5-12,15-16,18-19,22,28-29,39-40,42H,3-4,13-14H2,(H,37,41)/t18-,19?,22?,28?,29?,31?/m0/s1. The zero-order chi connectivity index (χ0) is 32.1. The number of pyridine rings is 1. The van der Waals surface area contributed by atoms with Crippen LogP contribution < -0.4 is 5.32 Å². The largest absolute Gasteiger partial charge is 0.387 e. The van der Waals surface area contributed by atoms with Crippen molar-refractivity contribution in [3.8, 4) is 5.69 Å². The first-order chi connectivity index (χ1) is 21.4. The van der Waals surface area contributed by atoms with E-state index in [0.29, 0.717) is 18.5 Å². The molecule has 2 aromatic carbocycles. The maximum atomic E-state index is 13.9. The number of halogens is 3. The number of nitrogens with one attached hydrogen (secondary N) is 1. The molecule has 2 aliphatic rings. The second-order valence-electron chi connectivity index (χ2n) is 11.5. The van der Waals surface area contributed by atoms with E-state index in [9.17, 15) is 37.3 Å². The maximum absolute atomic E-state index is 13.9. The highest BCUT2D eigenvalue weighted by Crippen LogP contribution is 2.55. The number of aromatic nitrogens is 3. The van der Waals surface area contributed by atoms with Crippen LogP contribution in [0.4, 0.5) is 14.5 Å². The van der Waals surface area contributed by atoms with Gasteiger partial charge in [0.1, 0.15) is 12.2 Å². The van der Waals surface area contributed by atoms with Crippen LogP contribution in [0.25, 0.3) is 5.69 Å². The van der Waals surface area contributed by atoms with Gasteiger partial charge in [-0.25, -0.2) is 21.9 Å². The number of hydrogen-bond donors (Lipinski definition) is 4. The fourth-order valence-electron chi connectivity index (χ4n) is 6.68. The van der Waals surface area contributed by atoms with Gasteiger partial charge < -0.3 is 20.6 Å². The van der Waals surface area contributed by atoms with Crippen LogP contribution in [0, 0.1) is 23.5 Å². The van der Waals surface area contributed by atoms with Gasteiger partial charge in [0.2, 0.25) is 0 Å². The number of carbonyl (C=O) groups is 1. The zero-order valence-corrected chi connectivity index (χ0v) is 25.2. The Balaban J connectivity index is 1.21. The molecule has 6 rings (SSSR count). The summed E-state index contributed by atoms with van der Waals surface area (Å²) in [6.45, 7) is 0. The molecule has 2 bridgehead atoms. The third-order valence-electron chi connectivity index (χ3n) is 8.99. The van der Waals surface area contributed by atoms with E-state index in [-0.39, 0.29) is 39.7 Å². The molecule has 2 aliphatic carbocycles. The summed E-state index contributed by atoms with van der Waals surface area (Å²) in [6.07, 6.45) is 2.39. The Morgan fingerprint density at radius 2 is 1.76 bits per heavy atom. The zero-order valence-electron chi connectivity index (χ0n) is 23.6. The molecule has 2 heterocycles. The molecule has 236 valence electrons. The van der Waals surface area contributed by atoms with E-state index in [1.54, 1.807) is 35.3 Å². The number of sulfone groups is 1. The maximum Gasteiger partial charge on any atom is 0.255 e. The Hall–Kier alpha value is -3.75. The van der Waals surface area contributed by atoms with Gasteiger partial charge in [-0.05, 0) is 86.1 Å². The molecular weight excluding hydrogens is 630 g/mol. The summed E-state index contributed by atoms with van der Waals surface area (Å²) in [5.74, 6) is -4.31. The van der Waals surface area contributed by atoms with Gasteiger partial charge in [-0.1, -0.05) is 11.6 Å². The lowest BCUT2D eigenvalue weighted by atomic mass is 9.69. The molecule has 5 unspecified atom stereocenters. The number of aliphatic hydroxyl groups is 3. The van der Waals surface area contributed by atoms with Crippen LogP contribution in [0.3, 0.4) is 0 Å². The molecule has 4 aromatic rings. The molecule has 0 radical (unpaired) electrons. The van der Waals surface area contributed by atoms with Crippen LogP contribution in [-0.2, 0) is 9.84 Å². The molecule has 1 amide bonds. The minimum Gasteiger partial charge on any atom is -0.387 e. The van der Waals surface area contributed by atoms with Crippen molar-refractivity contribution in [2.75, 3.05) is 5.32 Å². The SMILES string of the molecule is O=C(Nc1ccc(F)c(F)c1)c1ccc(Cl)c(S(=O)(=O)C2CC3CC[C@@H](C2)C3(O)C(O)C(O)c2cc(-n3cccn3)ccn2)c1. The van der Waals surface area contributed by atoms with E-state index in [4.69, 9.17) is 11.6 Å². The molecule has 2 saturated carbocycles. The number of amides is 1. The van der Waals surface area contributed by atoms with Crippen LogP contribution >= 0.6 is 11.6 Å². The molecule has 45 heavy (non-hydrogen) atoms. The van der Waals surface area contributed by atoms with Crippen LogP contribution in [0.1, 0.15) is 47.8 Å². The molecule has 4 N–H and O–H groups in total. The van der Waals surface area contributed by atoms with E-state index in [1.165, 1.54) is 24.4 Å². The van der Waals surface area contributed by atoms with Gasteiger partial charge in [0.15, 0.2) is 21.5 Å². The molecule has 10 nitrogen and oxygen atoms in total. The lowest BCUT2D eigenvalue weighted by Crippen LogP contribution is -2.57. The monoisotopic (exact) mass is 658 g/mol. The highest BCUT2D eigenvalue weighted by molar-refractivity contribution is 7.92. The minimum atomic E-state index is -4.14. The molecular formula is C31H29ClF2N4O6S. The Morgan fingerprint density at radius 1 is 1.02 bits per heavy atom. The number of hydrogen-bond acceptors (Lipinski definition) is 8. The summed E-state index contributed by atoms with van der Waals surface area (Å²) >= 11 is 6.32. The number of fused-ring (bicyclic) bond motifs is 2. The Labute approximate surface area is 262 Å². The van der Waals surface area contributed by atoms with E-state index in [2.05, 4.69) is 15.4 Å². The summed E-state index contributed by atoms with van der Waals surface area (Å²) in [5.41, 5.74) is -1.14. The van der Waals surface area contributed by atoms with Crippen LogP contribution in [0.2, 0.25) is 5.02 Å². The van der Waals surface area contributed by atoms with E-state index in [0.717, 1.165) is 18.2 Å². The third-order valence-corrected chi connectivity index (χ3v) is 11.6. The predicted octanol–water partition coefficient (Wildman–Crippen LogP) is 4.24. The van der Waals surface area contributed by atoms with Crippen molar-refractivity contribution in [1.29, 1.82) is 0 Å². The second kappa shape index (κ2) is 11.9. The highest BCUT2D eigenvalue weighted by atomic mass is 35.5. The van der Waals surface area contributed by atoms with Gasteiger partial charge in [-0.15, -0.1) is 0 Å². The highest BCUT2D eigenvalue weighted by Gasteiger charge is 2.60. The molecule has 6 atom stereocenters. The first kappa shape index (κ1) is 31.2. The number of carbonyl (C=O) groups excluding carboxylic acids is 1. The van der Waals surface area contributed by atoms with Gasteiger partial charge in [-0.3, -0.25) is 9.78 Å². The summed E-state index contributed by atoms with van der Waals surface area (Å²) in [7, 11) is -4.14. The molecule has 0 saturated heterocycles. The van der Waals surface area contributed by atoms with Gasteiger partial charge in [0, 0.05) is 35.9 Å². The number of benzene rings is 2. The van der Waals surface area contributed by atoms with Gasteiger partial charge in [0.25, 0.3) is 5.91 Å². The van der Waals surface area contributed by atoms with Crippen molar-refractivity contribution in [2.24, 2.45) is 11.8 Å². The van der Waals surface area contributed by atoms with Gasteiger partial charge in [0.05, 0.1) is 32.2 Å². The number of aliphatic hydroxyl groups excluding tert-OH is 2. The average Bonchev–Trinajstić information content (AvgIpc) is 3.60. The van der Waals surface area contributed by atoms with Crippen molar-refractivity contribution in [2.45, 2.75) is 53.6 Å². The summed E-state index contributed by atoms with van der Waals surface area (Å²) in [5, 5.41) is 39.8. The Kier molecular flexibility index (Phi) is 8.25. The molecule has 2 fully saturated rings. The summed E-state index contributed by atoms with van der Waals surface area (Å²) in [6, 6.07) is 11.5. The minimum absolute atomic E-state index is 0.0124. The van der Waals surface area contributed by atoms with Crippen LogP contribution in [0.5, 0.6) is 0 Å². The average molecular weight is 659 g/mol. The first-order valence-electron chi connectivity index (χ1n) is 14.2. The topological polar surface area (TPSA) is 155 Å². The van der Waals surface area contributed by atoms with Gasteiger partial charge in [-0.2, -0.15) is 5.10 Å². The predicted molar refractivity (Wildman–Crippen MR) is 159 cm³/mol. The number of anilines is 1. The normalized spacial score (nSPS) is 24.3. The van der Waals surface area contributed by atoms with Crippen molar-refractivity contribution in [1.82, 2.24) is 14.8 Å². The Morgan fingerprint density at radius 3 is 2.42 bits per heavy atom. The second-order valence-corrected chi connectivity index (χ2v) is 14.1.